The summed E-state index contributed by atoms with van der Waals surface area (Å²) in [5.41, 5.74) is 1.22. The smallest absolute Gasteiger partial charge is 0.249 e. The van der Waals surface area contributed by atoms with Gasteiger partial charge in [-0.3, -0.25) is 0 Å². The van der Waals surface area contributed by atoms with Gasteiger partial charge in [-0.25, -0.2) is 9.67 Å². The normalized spacial score (nSPS) is 26.8. The van der Waals surface area contributed by atoms with Gasteiger partial charge in [0.25, 0.3) is 0 Å². The van der Waals surface area contributed by atoms with Gasteiger partial charge in [0.2, 0.25) is 11.9 Å². The number of aliphatic hydroxyl groups is 1. The second-order valence-electron chi connectivity index (χ2n) is 6.39. The van der Waals surface area contributed by atoms with Gasteiger partial charge in [-0.1, -0.05) is 0 Å². The van der Waals surface area contributed by atoms with Crippen LogP contribution in [0.3, 0.4) is 0 Å². The quantitative estimate of drug-likeness (QED) is 0.740. The fourth-order valence-corrected chi connectivity index (χ4v) is 3.61. The van der Waals surface area contributed by atoms with E-state index in [9.17, 15) is 0 Å². The zero-order chi connectivity index (χ0) is 15.6. The summed E-state index contributed by atoms with van der Waals surface area (Å²) in [7, 11) is 0. The highest BCUT2D eigenvalue weighted by Gasteiger charge is 2.36. The van der Waals surface area contributed by atoms with E-state index in [1.54, 1.807) is 0 Å². The minimum Gasteiger partial charge on any atom is -0.396 e. The number of fused-ring (bicyclic) bond motifs is 2. The summed E-state index contributed by atoms with van der Waals surface area (Å²) in [4.78, 5) is 11.6. The van der Waals surface area contributed by atoms with Crippen LogP contribution in [-0.2, 0) is 11.3 Å². The molecule has 4 rings (SSSR count). The largest absolute Gasteiger partial charge is 0.396 e. The molecule has 0 bridgehead atoms. The van der Waals surface area contributed by atoms with Gasteiger partial charge in [-0.05, 0) is 25.8 Å². The molecule has 2 fully saturated rings. The van der Waals surface area contributed by atoms with E-state index < -0.39 is 0 Å². The van der Waals surface area contributed by atoms with Crippen molar-refractivity contribution in [3.05, 3.63) is 0 Å². The molecule has 23 heavy (non-hydrogen) atoms. The Kier molecular flexibility index (Phi) is 4.28. The first kappa shape index (κ1) is 15.0. The average molecular weight is 320 g/mol. The first-order valence-corrected chi connectivity index (χ1v) is 8.55. The van der Waals surface area contributed by atoms with Gasteiger partial charge < -0.3 is 20.1 Å². The number of nitrogens with zero attached hydrogens (tertiary/aromatic N) is 5. The molecule has 2 N–H and O–H groups in total. The molecule has 2 aliphatic heterocycles. The van der Waals surface area contributed by atoms with Crippen molar-refractivity contribution in [2.24, 2.45) is 10.9 Å². The fourth-order valence-electron chi connectivity index (χ4n) is 3.61. The predicted molar refractivity (Wildman–Crippen MR) is 86.4 cm³/mol. The Morgan fingerprint density at radius 3 is 2.96 bits per heavy atom. The molecule has 2 atom stereocenters. The lowest BCUT2D eigenvalue weighted by molar-refractivity contribution is 0.122. The molecule has 0 spiro atoms. The number of hydrogen-bond donors (Lipinski definition) is 2. The van der Waals surface area contributed by atoms with Crippen LogP contribution >= 0.6 is 0 Å². The Morgan fingerprint density at radius 2 is 2.13 bits per heavy atom. The first-order chi connectivity index (χ1) is 11.3. The summed E-state index contributed by atoms with van der Waals surface area (Å²) in [6.07, 6.45) is 3.03. The minimum atomic E-state index is 0.229. The summed E-state index contributed by atoms with van der Waals surface area (Å²) in [5, 5.41) is 17.1. The van der Waals surface area contributed by atoms with Crippen LogP contribution in [0, 0.1) is 5.92 Å². The van der Waals surface area contributed by atoms with Crippen molar-refractivity contribution >= 4 is 17.6 Å². The minimum absolute atomic E-state index is 0.229. The molecule has 8 heteroatoms. The van der Waals surface area contributed by atoms with Crippen LogP contribution in [0.25, 0.3) is 0 Å². The van der Waals surface area contributed by atoms with Crippen molar-refractivity contribution in [2.45, 2.75) is 31.8 Å². The average Bonchev–Trinajstić information content (AvgIpc) is 3.17. The Bertz CT molecular complexity index is 581. The summed E-state index contributed by atoms with van der Waals surface area (Å²) in [6, 6.07) is 0.323. The lowest BCUT2D eigenvalue weighted by Crippen LogP contribution is -2.37. The highest BCUT2D eigenvalue weighted by molar-refractivity contribution is 5.95. The second kappa shape index (κ2) is 6.54. The maximum atomic E-state index is 8.92. The van der Waals surface area contributed by atoms with E-state index in [2.05, 4.69) is 20.3 Å². The molecular formula is C15H24N6O2. The molecule has 126 valence electrons. The van der Waals surface area contributed by atoms with Gasteiger partial charge in [-0.15, -0.1) is 5.10 Å². The summed E-state index contributed by atoms with van der Waals surface area (Å²) < 4.78 is 7.34. The number of aliphatic hydroxyl groups excluding tert-OH is 1. The number of rotatable bonds is 5. The van der Waals surface area contributed by atoms with Crippen LogP contribution < -0.4 is 10.2 Å². The van der Waals surface area contributed by atoms with Crippen molar-refractivity contribution in [2.75, 3.05) is 44.4 Å². The van der Waals surface area contributed by atoms with E-state index >= 15 is 0 Å². The zero-order valence-electron chi connectivity index (χ0n) is 13.3. The molecule has 3 heterocycles. The Hall–Kier alpha value is -1.51. The molecule has 8 nitrogen and oxygen atoms in total. The van der Waals surface area contributed by atoms with Gasteiger partial charge in [0, 0.05) is 37.4 Å². The van der Waals surface area contributed by atoms with Crippen molar-refractivity contribution in [3.63, 3.8) is 0 Å². The van der Waals surface area contributed by atoms with Crippen molar-refractivity contribution in [3.8, 4) is 0 Å². The van der Waals surface area contributed by atoms with E-state index in [1.807, 2.05) is 4.68 Å². The zero-order valence-corrected chi connectivity index (χ0v) is 13.3. The molecule has 3 aliphatic rings. The number of ether oxygens (including phenoxy) is 1. The topological polar surface area (TPSA) is 87.8 Å². The summed E-state index contributed by atoms with van der Waals surface area (Å²) in [6.45, 7) is 5.09. The number of anilines is 1. The van der Waals surface area contributed by atoms with Crippen LogP contribution in [0.2, 0.25) is 0 Å². The van der Waals surface area contributed by atoms with Crippen LogP contribution in [-0.4, -0.2) is 71.1 Å². The lowest BCUT2D eigenvalue weighted by Gasteiger charge is -2.25. The van der Waals surface area contributed by atoms with Gasteiger partial charge in [0.15, 0.2) is 0 Å². The molecular weight excluding hydrogens is 296 g/mol. The van der Waals surface area contributed by atoms with Crippen LogP contribution in [0.4, 0.5) is 11.9 Å². The summed E-state index contributed by atoms with van der Waals surface area (Å²) in [5.74, 6) is 1.97. The van der Waals surface area contributed by atoms with E-state index in [4.69, 9.17) is 14.8 Å². The monoisotopic (exact) mass is 320 g/mol. The van der Waals surface area contributed by atoms with Crippen LogP contribution in [0.1, 0.15) is 19.3 Å². The highest BCUT2D eigenvalue weighted by atomic mass is 16.5. The van der Waals surface area contributed by atoms with Crippen LogP contribution in [0.15, 0.2) is 4.99 Å². The van der Waals surface area contributed by atoms with Gasteiger partial charge in [0.05, 0.1) is 19.8 Å². The lowest BCUT2D eigenvalue weighted by atomic mass is 10.0. The Balaban J connectivity index is 1.50. The van der Waals surface area contributed by atoms with E-state index in [0.29, 0.717) is 12.0 Å². The molecule has 0 amide bonds. The van der Waals surface area contributed by atoms with E-state index in [-0.39, 0.29) is 6.61 Å². The molecule has 1 saturated heterocycles. The Morgan fingerprint density at radius 1 is 1.26 bits per heavy atom. The number of aromatic nitrogens is 3. The van der Waals surface area contributed by atoms with Gasteiger partial charge in [0.1, 0.15) is 0 Å². The molecule has 0 radical (unpaired) electrons. The number of morpholine rings is 1. The molecule has 1 aromatic heterocycles. The molecule has 2 unspecified atom stereocenters. The van der Waals surface area contributed by atoms with E-state index in [0.717, 1.165) is 70.6 Å². The third-order valence-electron chi connectivity index (χ3n) is 4.86. The highest BCUT2D eigenvalue weighted by Crippen LogP contribution is 2.32. The first-order valence-electron chi connectivity index (χ1n) is 8.55. The third-order valence-corrected chi connectivity index (χ3v) is 4.86. The third kappa shape index (κ3) is 2.98. The number of aliphatic imine (C=N–C) groups is 1. The van der Waals surface area contributed by atoms with E-state index in [1.165, 1.54) is 5.71 Å². The van der Waals surface area contributed by atoms with Gasteiger partial charge >= 0.3 is 0 Å². The molecule has 1 aromatic rings. The van der Waals surface area contributed by atoms with Crippen LogP contribution in [0.5, 0.6) is 0 Å². The number of hydrogen-bond acceptors (Lipinski definition) is 7. The van der Waals surface area contributed by atoms with Crippen molar-refractivity contribution in [1.82, 2.24) is 20.1 Å². The maximum absolute atomic E-state index is 8.92. The second-order valence-corrected chi connectivity index (χ2v) is 6.39. The summed E-state index contributed by atoms with van der Waals surface area (Å²) >= 11 is 0. The predicted octanol–water partition coefficient (Wildman–Crippen LogP) is -0.0486. The van der Waals surface area contributed by atoms with Gasteiger partial charge in [-0.2, -0.15) is 4.98 Å². The standard InChI is InChI=1S/C15H24N6O2/c22-7-1-4-16-12-3-2-11-10-21-14(17-13(11)12)18-15(19-21)20-5-8-23-9-6-20/h11-12,16,22H,1-10H2. The van der Waals surface area contributed by atoms with Crippen molar-refractivity contribution in [1.29, 1.82) is 0 Å². The van der Waals surface area contributed by atoms with Crippen molar-refractivity contribution < 1.29 is 9.84 Å². The molecule has 0 aromatic carbocycles. The Labute approximate surface area is 135 Å². The number of nitrogens with one attached hydrogen (secondary N) is 1. The SMILES string of the molecule is OCCCNC1CCC2Cn3nc(N4CCOCC4)nc3N=C21. The molecule has 1 saturated carbocycles. The fraction of sp³-hybridized carbons (Fsp3) is 0.800. The molecule has 1 aliphatic carbocycles. The maximum Gasteiger partial charge on any atom is 0.249 e.